The molecule has 1 aromatic heterocycles. The monoisotopic (exact) mass is 468 g/mol. The van der Waals surface area contributed by atoms with Crippen LogP contribution in [-0.2, 0) is 13.2 Å². The van der Waals surface area contributed by atoms with Crippen molar-refractivity contribution in [1.29, 1.82) is 0 Å². The molecule has 0 N–H and O–H groups in total. The topological polar surface area (TPSA) is 36.3 Å². The van der Waals surface area contributed by atoms with Crippen molar-refractivity contribution in [3.63, 3.8) is 0 Å². The maximum Gasteiger partial charge on any atom is 0.147 e. The van der Waals surface area contributed by atoms with Gasteiger partial charge in [-0.2, -0.15) is 0 Å². The van der Waals surface area contributed by atoms with Crippen LogP contribution in [-0.4, -0.2) is 16.2 Å². The van der Waals surface area contributed by atoms with E-state index in [4.69, 9.17) is 37.7 Å². The fourth-order valence-corrected chi connectivity index (χ4v) is 3.95. The predicted octanol–water partition coefficient (Wildman–Crippen LogP) is 7.40. The van der Waals surface area contributed by atoms with Crippen molar-refractivity contribution in [3.8, 4) is 11.5 Å². The third kappa shape index (κ3) is 5.37. The summed E-state index contributed by atoms with van der Waals surface area (Å²) in [5, 5.41) is 1.49. The molecule has 0 amide bonds. The van der Waals surface area contributed by atoms with E-state index in [9.17, 15) is 0 Å². The summed E-state index contributed by atoms with van der Waals surface area (Å²) in [6.45, 7) is 5.90. The number of hydrogen-bond donors (Lipinski definition) is 0. The molecule has 0 spiro atoms. The first-order valence-electron chi connectivity index (χ1n) is 10.7. The van der Waals surface area contributed by atoms with Gasteiger partial charge in [-0.25, -0.2) is 4.98 Å². The molecular weight excluding hydrogens is 443 g/mol. The maximum atomic E-state index is 6.24. The average Bonchev–Trinajstić information content (AvgIpc) is 3.14. The van der Waals surface area contributed by atoms with E-state index in [2.05, 4.69) is 10.6 Å². The third-order valence-electron chi connectivity index (χ3n) is 5.37. The van der Waals surface area contributed by atoms with Crippen molar-refractivity contribution in [2.75, 3.05) is 6.61 Å². The summed E-state index contributed by atoms with van der Waals surface area (Å²) in [6, 6.07) is 19.5. The van der Waals surface area contributed by atoms with Gasteiger partial charge >= 0.3 is 0 Å². The highest BCUT2D eigenvalue weighted by atomic mass is 35.5. The molecule has 0 saturated heterocycles. The molecule has 3 aromatic carbocycles. The molecule has 6 heteroatoms. The van der Waals surface area contributed by atoms with E-state index in [1.165, 1.54) is 0 Å². The molecule has 32 heavy (non-hydrogen) atoms. The highest BCUT2D eigenvalue weighted by Gasteiger charge is 2.11. The van der Waals surface area contributed by atoms with Gasteiger partial charge in [0.05, 0.1) is 17.6 Å². The van der Waals surface area contributed by atoms with Crippen LogP contribution in [0.15, 0.2) is 60.7 Å². The van der Waals surface area contributed by atoms with Crippen molar-refractivity contribution < 1.29 is 9.47 Å². The summed E-state index contributed by atoms with van der Waals surface area (Å²) >= 11 is 12.2. The first-order valence-corrected chi connectivity index (χ1v) is 11.5. The highest BCUT2D eigenvalue weighted by Crippen LogP contribution is 2.26. The molecule has 0 aliphatic rings. The van der Waals surface area contributed by atoms with E-state index in [0.717, 1.165) is 63.9 Å². The Morgan fingerprint density at radius 3 is 2.31 bits per heavy atom. The largest absolute Gasteiger partial charge is 0.494 e. The summed E-state index contributed by atoms with van der Waals surface area (Å²) in [5.41, 5.74) is 4.17. The summed E-state index contributed by atoms with van der Waals surface area (Å²) in [5.74, 6) is 2.55. The third-order valence-corrected chi connectivity index (χ3v) is 6.22. The lowest BCUT2D eigenvalue weighted by Crippen LogP contribution is -2.09. The molecule has 4 rings (SSSR count). The smallest absolute Gasteiger partial charge is 0.147 e. The van der Waals surface area contributed by atoms with Gasteiger partial charge in [-0.05, 0) is 86.3 Å². The van der Waals surface area contributed by atoms with Gasteiger partial charge in [0.1, 0.15) is 23.9 Å². The Bertz CT molecular complexity index is 1180. The van der Waals surface area contributed by atoms with Gasteiger partial charge in [0, 0.05) is 16.6 Å². The lowest BCUT2D eigenvalue weighted by Gasteiger charge is -2.12. The summed E-state index contributed by atoms with van der Waals surface area (Å²) in [6.07, 6.45) is 1.91. The van der Waals surface area contributed by atoms with Crippen molar-refractivity contribution in [1.82, 2.24) is 9.55 Å². The van der Waals surface area contributed by atoms with E-state index < -0.39 is 0 Å². The van der Waals surface area contributed by atoms with Gasteiger partial charge in [-0.15, -0.1) is 0 Å². The SMILES string of the molecule is Cc1cc(OCCCCn2c(COc3ccc(Cl)cc3)nc3ccccc32)cc(C)c1Cl. The second-order valence-corrected chi connectivity index (χ2v) is 8.65. The van der Waals surface area contributed by atoms with Crippen LogP contribution < -0.4 is 9.47 Å². The van der Waals surface area contributed by atoms with E-state index in [1.807, 2.05) is 68.4 Å². The maximum absolute atomic E-state index is 6.24. The van der Waals surface area contributed by atoms with E-state index in [-0.39, 0.29) is 0 Å². The van der Waals surface area contributed by atoms with Crippen LogP contribution in [0, 0.1) is 13.8 Å². The first-order chi connectivity index (χ1) is 15.5. The van der Waals surface area contributed by atoms with Crippen molar-refractivity contribution >= 4 is 34.2 Å². The number of aryl methyl sites for hydroxylation is 3. The summed E-state index contributed by atoms with van der Waals surface area (Å²) in [7, 11) is 0. The Morgan fingerprint density at radius 2 is 1.56 bits per heavy atom. The number of fused-ring (bicyclic) bond motifs is 1. The zero-order chi connectivity index (χ0) is 22.5. The standard InChI is InChI=1S/C26H26Cl2N2O2/c1-18-15-22(16-19(2)26(18)28)31-14-6-5-13-30-24-8-4-3-7-23(24)29-25(30)17-32-21-11-9-20(27)10-12-21/h3-4,7-12,15-16H,5-6,13-14,17H2,1-2H3. The normalized spacial score (nSPS) is 11.1. The molecule has 0 aliphatic heterocycles. The van der Waals surface area contributed by atoms with Crippen LogP contribution in [0.25, 0.3) is 11.0 Å². The number of aromatic nitrogens is 2. The number of halogens is 2. The van der Waals surface area contributed by atoms with Crippen LogP contribution >= 0.6 is 23.2 Å². The van der Waals surface area contributed by atoms with Crippen molar-refractivity contribution in [2.24, 2.45) is 0 Å². The van der Waals surface area contributed by atoms with Crippen LogP contribution in [0.5, 0.6) is 11.5 Å². The van der Waals surface area contributed by atoms with Gasteiger partial charge in [0.15, 0.2) is 0 Å². The van der Waals surface area contributed by atoms with E-state index >= 15 is 0 Å². The molecule has 4 nitrogen and oxygen atoms in total. The zero-order valence-electron chi connectivity index (χ0n) is 18.3. The van der Waals surface area contributed by atoms with E-state index in [0.29, 0.717) is 18.2 Å². The highest BCUT2D eigenvalue weighted by molar-refractivity contribution is 6.32. The number of para-hydroxylation sites is 2. The quantitative estimate of drug-likeness (QED) is 0.240. The Kier molecular flexibility index (Phi) is 7.23. The van der Waals surface area contributed by atoms with Crippen LogP contribution in [0.3, 0.4) is 0 Å². The lowest BCUT2D eigenvalue weighted by atomic mass is 10.1. The molecular formula is C26H26Cl2N2O2. The summed E-state index contributed by atoms with van der Waals surface area (Å²) < 4.78 is 14.2. The molecule has 0 atom stereocenters. The number of imidazole rings is 1. The fourth-order valence-electron chi connectivity index (χ4n) is 3.72. The predicted molar refractivity (Wildman–Crippen MR) is 131 cm³/mol. The van der Waals surface area contributed by atoms with Crippen LogP contribution in [0.2, 0.25) is 10.0 Å². The Labute approximate surface area is 198 Å². The molecule has 0 unspecified atom stereocenters. The number of hydrogen-bond acceptors (Lipinski definition) is 3. The average molecular weight is 469 g/mol. The van der Waals surface area contributed by atoms with Gasteiger partial charge in [-0.3, -0.25) is 0 Å². The minimum Gasteiger partial charge on any atom is -0.494 e. The van der Waals surface area contributed by atoms with Crippen LogP contribution in [0.4, 0.5) is 0 Å². The van der Waals surface area contributed by atoms with Gasteiger partial charge in [0.2, 0.25) is 0 Å². The summed E-state index contributed by atoms with van der Waals surface area (Å²) in [4.78, 5) is 4.79. The van der Waals surface area contributed by atoms with Gasteiger partial charge < -0.3 is 14.0 Å². The Morgan fingerprint density at radius 1 is 0.844 bits per heavy atom. The van der Waals surface area contributed by atoms with Crippen molar-refractivity contribution in [2.45, 2.75) is 39.8 Å². The Balaban J connectivity index is 1.37. The number of nitrogens with zero attached hydrogens (tertiary/aromatic N) is 2. The first kappa shape index (κ1) is 22.5. The minimum absolute atomic E-state index is 0.399. The van der Waals surface area contributed by atoms with Crippen LogP contribution in [0.1, 0.15) is 29.8 Å². The number of benzene rings is 3. The van der Waals surface area contributed by atoms with Crippen molar-refractivity contribution in [3.05, 3.63) is 87.7 Å². The minimum atomic E-state index is 0.399. The molecule has 0 bridgehead atoms. The number of rotatable bonds is 9. The van der Waals surface area contributed by atoms with Gasteiger partial charge in [0.25, 0.3) is 0 Å². The molecule has 0 aliphatic carbocycles. The Hall–Kier alpha value is -2.69. The van der Waals surface area contributed by atoms with E-state index in [1.54, 1.807) is 0 Å². The molecule has 0 radical (unpaired) electrons. The molecule has 166 valence electrons. The zero-order valence-corrected chi connectivity index (χ0v) is 19.8. The lowest BCUT2D eigenvalue weighted by molar-refractivity contribution is 0.285. The molecule has 0 fully saturated rings. The molecule has 4 aromatic rings. The van der Waals surface area contributed by atoms with Gasteiger partial charge in [-0.1, -0.05) is 35.3 Å². The second-order valence-electron chi connectivity index (χ2n) is 7.84. The fraction of sp³-hybridized carbons (Fsp3) is 0.269. The molecule has 0 saturated carbocycles. The number of unbranched alkanes of at least 4 members (excludes halogenated alkanes) is 1. The second kappa shape index (κ2) is 10.3. The number of ether oxygens (including phenoxy) is 2. The molecule has 1 heterocycles.